The van der Waals surface area contributed by atoms with Gasteiger partial charge in [-0.2, -0.15) is 0 Å². The number of benzene rings is 2. The maximum absolute atomic E-state index is 13.9. The number of aryl methyl sites for hydroxylation is 2. The minimum absolute atomic E-state index is 0.373. The maximum atomic E-state index is 13.9. The number of aliphatic hydroxyl groups excluding tert-OH is 1. The summed E-state index contributed by atoms with van der Waals surface area (Å²) in [6.45, 7) is 11.9. The number of hydrogen-bond acceptors (Lipinski definition) is 5. The van der Waals surface area contributed by atoms with Crippen molar-refractivity contribution in [2.45, 2.75) is 78.6 Å². The molecule has 0 aromatic heterocycles. The molecule has 2 aromatic rings. The van der Waals surface area contributed by atoms with Gasteiger partial charge in [0, 0.05) is 6.04 Å². The van der Waals surface area contributed by atoms with Gasteiger partial charge in [-0.3, -0.25) is 9.59 Å². The number of amides is 3. The molecule has 37 heavy (non-hydrogen) atoms. The van der Waals surface area contributed by atoms with Crippen molar-refractivity contribution in [3.63, 3.8) is 0 Å². The predicted octanol–water partition coefficient (Wildman–Crippen LogP) is 5.15. The molecule has 0 radical (unpaired) electrons. The number of nitrogens with one attached hydrogen (secondary N) is 2. The molecule has 0 heterocycles. The van der Waals surface area contributed by atoms with Crippen molar-refractivity contribution in [3.05, 3.63) is 64.2 Å². The van der Waals surface area contributed by atoms with Gasteiger partial charge < -0.3 is 25.4 Å². The molecule has 0 saturated heterocycles. The Labute approximate surface area is 224 Å². The summed E-state index contributed by atoms with van der Waals surface area (Å²) < 4.78 is 5.27. The molecule has 0 saturated carbocycles. The van der Waals surface area contributed by atoms with Crippen LogP contribution in [0.2, 0.25) is 5.02 Å². The SMILES string of the molecule is CCC(C)N(C(=O)C(CO)NC(=O)OC(C)(C)C)C(C(=O)Nc1c(C)cccc1Cl)c1cccc(C)c1. The molecule has 0 spiro atoms. The molecule has 0 aliphatic heterocycles. The number of rotatable bonds is 9. The summed E-state index contributed by atoms with van der Waals surface area (Å²) in [5, 5.41) is 15.8. The molecular weight excluding hydrogens is 494 g/mol. The number of para-hydroxylation sites is 1. The smallest absolute Gasteiger partial charge is 0.408 e. The molecule has 3 unspecified atom stereocenters. The highest BCUT2D eigenvalue weighted by Crippen LogP contribution is 2.31. The Hall–Kier alpha value is -3.10. The highest BCUT2D eigenvalue weighted by atomic mass is 35.5. The summed E-state index contributed by atoms with van der Waals surface area (Å²) >= 11 is 6.37. The first-order chi connectivity index (χ1) is 17.3. The van der Waals surface area contributed by atoms with E-state index in [1.807, 2.05) is 52.0 Å². The van der Waals surface area contributed by atoms with Gasteiger partial charge in [0.2, 0.25) is 5.91 Å². The summed E-state index contributed by atoms with van der Waals surface area (Å²) in [6, 6.07) is 9.82. The van der Waals surface area contributed by atoms with Crippen molar-refractivity contribution in [2.75, 3.05) is 11.9 Å². The lowest BCUT2D eigenvalue weighted by atomic mass is 9.98. The third-order valence-electron chi connectivity index (χ3n) is 5.85. The Morgan fingerprint density at radius 1 is 1.11 bits per heavy atom. The monoisotopic (exact) mass is 531 g/mol. The average Bonchev–Trinajstić information content (AvgIpc) is 2.81. The summed E-state index contributed by atoms with van der Waals surface area (Å²) in [6.07, 6.45) is -0.316. The molecular formula is C28H38ClN3O5. The van der Waals surface area contributed by atoms with Crippen LogP contribution >= 0.6 is 11.6 Å². The maximum Gasteiger partial charge on any atom is 0.408 e. The van der Waals surface area contributed by atoms with Crippen LogP contribution in [-0.2, 0) is 14.3 Å². The van der Waals surface area contributed by atoms with Crippen LogP contribution < -0.4 is 10.6 Å². The van der Waals surface area contributed by atoms with E-state index in [-0.39, 0.29) is 0 Å². The van der Waals surface area contributed by atoms with E-state index in [9.17, 15) is 19.5 Å². The molecule has 0 aliphatic carbocycles. The first-order valence-electron chi connectivity index (χ1n) is 12.3. The highest BCUT2D eigenvalue weighted by molar-refractivity contribution is 6.34. The first-order valence-corrected chi connectivity index (χ1v) is 12.7. The normalized spacial score (nSPS) is 13.8. The summed E-state index contributed by atoms with van der Waals surface area (Å²) in [5.74, 6) is -1.08. The van der Waals surface area contributed by atoms with Gasteiger partial charge in [-0.15, -0.1) is 0 Å². The zero-order valence-corrected chi connectivity index (χ0v) is 23.3. The van der Waals surface area contributed by atoms with E-state index in [1.54, 1.807) is 39.0 Å². The third kappa shape index (κ3) is 8.20. The Morgan fingerprint density at radius 3 is 2.30 bits per heavy atom. The molecule has 9 heteroatoms. The number of hydrogen-bond donors (Lipinski definition) is 3. The van der Waals surface area contributed by atoms with Gasteiger partial charge in [0.05, 0.1) is 17.3 Å². The van der Waals surface area contributed by atoms with Gasteiger partial charge in [0.15, 0.2) is 0 Å². The number of halogens is 1. The minimum atomic E-state index is -1.31. The molecule has 8 nitrogen and oxygen atoms in total. The van der Waals surface area contributed by atoms with Crippen molar-refractivity contribution >= 4 is 35.2 Å². The molecule has 2 rings (SSSR count). The second-order valence-electron chi connectivity index (χ2n) is 10.1. The number of alkyl carbamates (subject to hydrolysis) is 1. The zero-order valence-electron chi connectivity index (χ0n) is 22.6. The van der Waals surface area contributed by atoms with Crippen molar-refractivity contribution in [1.82, 2.24) is 10.2 Å². The number of carbonyl (C=O) groups is 3. The van der Waals surface area contributed by atoms with Crippen LogP contribution in [0.3, 0.4) is 0 Å². The Balaban J connectivity index is 2.55. The Kier molecular flexibility index (Phi) is 10.5. The average molecular weight is 532 g/mol. The molecule has 0 aliphatic rings. The van der Waals surface area contributed by atoms with Gasteiger partial charge in [-0.25, -0.2) is 4.79 Å². The highest BCUT2D eigenvalue weighted by Gasteiger charge is 2.38. The van der Waals surface area contributed by atoms with Crippen molar-refractivity contribution in [3.8, 4) is 0 Å². The Bertz CT molecular complexity index is 1090. The molecule has 202 valence electrons. The number of anilines is 1. The van der Waals surface area contributed by atoms with E-state index < -0.39 is 48.2 Å². The second kappa shape index (κ2) is 12.9. The number of nitrogens with zero attached hydrogens (tertiary/aromatic N) is 1. The van der Waals surface area contributed by atoms with Gasteiger partial charge in [0.1, 0.15) is 17.7 Å². The topological polar surface area (TPSA) is 108 Å². The molecule has 0 bridgehead atoms. The van der Waals surface area contributed by atoms with Crippen molar-refractivity contribution < 1.29 is 24.2 Å². The lowest BCUT2D eigenvalue weighted by Crippen LogP contribution is -2.56. The lowest BCUT2D eigenvalue weighted by Gasteiger charge is -2.38. The molecule has 2 aromatic carbocycles. The second-order valence-corrected chi connectivity index (χ2v) is 10.5. The van der Waals surface area contributed by atoms with E-state index in [0.29, 0.717) is 22.7 Å². The van der Waals surface area contributed by atoms with Gasteiger partial charge >= 0.3 is 6.09 Å². The fourth-order valence-electron chi connectivity index (χ4n) is 3.87. The van der Waals surface area contributed by atoms with E-state index >= 15 is 0 Å². The molecule has 3 amide bonds. The predicted molar refractivity (Wildman–Crippen MR) is 146 cm³/mol. The van der Waals surface area contributed by atoms with E-state index in [2.05, 4.69) is 10.6 Å². The molecule has 3 atom stereocenters. The Morgan fingerprint density at radius 2 is 1.76 bits per heavy atom. The van der Waals surface area contributed by atoms with Crippen LogP contribution in [-0.4, -0.2) is 52.2 Å². The number of ether oxygens (including phenoxy) is 1. The zero-order chi connectivity index (χ0) is 27.9. The van der Waals surface area contributed by atoms with E-state index in [1.165, 1.54) is 4.90 Å². The van der Waals surface area contributed by atoms with E-state index in [0.717, 1.165) is 11.1 Å². The van der Waals surface area contributed by atoms with Crippen LogP contribution in [0.1, 0.15) is 63.8 Å². The fourth-order valence-corrected chi connectivity index (χ4v) is 4.14. The van der Waals surface area contributed by atoms with Crippen LogP contribution in [0.4, 0.5) is 10.5 Å². The van der Waals surface area contributed by atoms with Gasteiger partial charge in [-0.1, -0.05) is 60.5 Å². The quantitative estimate of drug-likeness (QED) is 0.415. The minimum Gasteiger partial charge on any atom is -0.444 e. The molecule has 3 N–H and O–H groups in total. The number of aliphatic hydroxyl groups is 1. The van der Waals surface area contributed by atoms with Gasteiger partial charge in [0.25, 0.3) is 5.91 Å². The first kappa shape index (κ1) is 30.1. The largest absolute Gasteiger partial charge is 0.444 e. The van der Waals surface area contributed by atoms with Crippen LogP contribution in [0.15, 0.2) is 42.5 Å². The van der Waals surface area contributed by atoms with Crippen LogP contribution in [0, 0.1) is 13.8 Å². The third-order valence-corrected chi connectivity index (χ3v) is 6.16. The number of carbonyl (C=O) groups excluding carboxylic acids is 3. The van der Waals surface area contributed by atoms with E-state index in [4.69, 9.17) is 16.3 Å². The van der Waals surface area contributed by atoms with Gasteiger partial charge in [-0.05, 0) is 65.2 Å². The van der Waals surface area contributed by atoms with Crippen LogP contribution in [0.25, 0.3) is 0 Å². The van der Waals surface area contributed by atoms with Crippen molar-refractivity contribution in [2.24, 2.45) is 0 Å². The van der Waals surface area contributed by atoms with Crippen molar-refractivity contribution in [1.29, 1.82) is 0 Å². The lowest BCUT2D eigenvalue weighted by molar-refractivity contribution is -0.144. The fraction of sp³-hybridized carbons (Fsp3) is 0.464. The summed E-state index contributed by atoms with van der Waals surface area (Å²) in [5.41, 5.74) is 1.93. The standard InChI is InChI=1S/C28H38ClN3O5/c1-8-19(4)32(26(35)22(16-33)30-27(36)37-28(5,6)7)24(20-13-9-11-17(2)15-20)25(34)31-23-18(3)12-10-14-21(23)29/h9-15,19,22,24,33H,8,16H2,1-7H3,(H,30,36)(H,31,34). The summed E-state index contributed by atoms with van der Waals surface area (Å²) in [7, 11) is 0. The molecule has 0 fully saturated rings. The summed E-state index contributed by atoms with van der Waals surface area (Å²) in [4.78, 5) is 41.6. The van der Waals surface area contributed by atoms with Crippen LogP contribution in [0.5, 0.6) is 0 Å².